The van der Waals surface area contributed by atoms with E-state index < -0.39 is 56.9 Å². The van der Waals surface area contributed by atoms with Crippen LogP contribution in [0.1, 0.15) is 62.7 Å². The lowest BCUT2D eigenvalue weighted by Gasteiger charge is -2.35. The lowest BCUT2D eigenvalue weighted by atomic mass is 9.73. The van der Waals surface area contributed by atoms with Crippen molar-refractivity contribution in [1.29, 1.82) is 0 Å². The molecule has 7 heteroatoms. The van der Waals surface area contributed by atoms with E-state index in [-0.39, 0.29) is 24.0 Å². The lowest BCUT2D eigenvalue weighted by Crippen LogP contribution is -2.36. The highest BCUT2D eigenvalue weighted by molar-refractivity contribution is 6.32. The summed E-state index contributed by atoms with van der Waals surface area (Å²) in [5, 5.41) is 52.1. The van der Waals surface area contributed by atoms with Crippen molar-refractivity contribution in [3.8, 4) is 23.0 Å². The molecule has 5 N–H and O–H groups in total. The van der Waals surface area contributed by atoms with Crippen LogP contribution in [0.25, 0.3) is 0 Å². The molecule has 0 aromatic heterocycles. The summed E-state index contributed by atoms with van der Waals surface area (Å²) in [6.07, 6.45) is 1.03. The van der Waals surface area contributed by atoms with Gasteiger partial charge in [0.1, 0.15) is 23.0 Å². The Morgan fingerprint density at radius 1 is 0.852 bits per heavy atom. The van der Waals surface area contributed by atoms with E-state index in [0.29, 0.717) is 18.4 Å². The summed E-state index contributed by atoms with van der Waals surface area (Å²) >= 11 is 0. The topological polar surface area (TPSA) is 135 Å². The largest absolute Gasteiger partial charge is 0.507 e. The Bertz CT molecular complexity index is 1040. The quantitative estimate of drug-likeness (QED) is 0.413. The Morgan fingerprint density at radius 2 is 1.33 bits per heavy atom. The van der Waals surface area contributed by atoms with Crippen LogP contribution in [0.3, 0.4) is 0 Å². The van der Waals surface area contributed by atoms with Gasteiger partial charge in [-0.1, -0.05) is 6.92 Å². The Labute approximate surface area is 154 Å². The molecule has 0 spiro atoms. The number of hydrogen-bond acceptors (Lipinski definition) is 7. The fourth-order valence-corrected chi connectivity index (χ4v) is 4.09. The van der Waals surface area contributed by atoms with E-state index >= 15 is 0 Å². The van der Waals surface area contributed by atoms with Crippen molar-refractivity contribution in [2.75, 3.05) is 0 Å². The van der Waals surface area contributed by atoms with E-state index in [1.165, 1.54) is 0 Å². The summed E-state index contributed by atoms with van der Waals surface area (Å²) in [4.78, 5) is 25.9. The maximum Gasteiger partial charge on any atom is 0.202 e. The molecule has 0 aliphatic heterocycles. The maximum atomic E-state index is 13.0. The smallest absolute Gasteiger partial charge is 0.202 e. The van der Waals surface area contributed by atoms with Crippen molar-refractivity contribution in [1.82, 2.24) is 0 Å². The predicted molar refractivity (Wildman–Crippen MR) is 93.7 cm³/mol. The van der Waals surface area contributed by atoms with Gasteiger partial charge in [0.2, 0.25) is 11.6 Å². The molecule has 0 bridgehead atoms. The molecule has 7 nitrogen and oxygen atoms in total. The molecule has 2 aromatic rings. The standard InChI is InChI=1S/C20H18O7/c1-2-20(27)6-5-8-9(7-20)17(24)15-14(16(8)23)18(25)12-10(21)3-4-11(22)13(12)19(15)26/h3-4,21-24,27H,2,5-7H2,1H3. The fourth-order valence-electron chi connectivity index (χ4n) is 4.09. The summed E-state index contributed by atoms with van der Waals surface area (Å²) in [5.74, 6) is -3.62. The minimum Gasteiger partial charge on any atom is -0.507 e. The molecule has 27 heavy (non-hydrogen) atoms. The first-order chi connectivity index (χ1) is 12.7. The molecule has 0 heterocycles. The average Bonchev–Trinajstić information content (AvgIpc) is 2.64. The summed E-state index contributed by atoms with van der Waals surface area (Å²) in [6.45, 7) is 1.80. The van der Waals surface area contributed by atoms with Gasteiger partial charge in [0.15, 0.2) is 0 Å². The molecule has 2 aliphatic carbocycles. The third-order valence-corrected chi connectivity index (χ3v) is 5.73. The zero-order valence-corrected chi connectivity index (χ0v) is 14.5. The number of rotatable bonds is 1. The number of carbonyl (C=O) groups excluding carboxylic acids is 2. The van der Waals surface area contributed by atoms with Gasteiger partial charge in [-0.3, -0.25) is 9.59 Å². The van der Waals surface area contributed by atoms with Crippen molar-refractivity contribution >= 4 is 11.6 Å². The number of ketones is 2. The number of benzene rings is 2. The van der Waals surface area contributed by atoms with Crippen LogP contribution in [0.5, 0.6) is 23.0 Å². The normalized spacial score (nSPS) is 20.8. The molecule has 1 unspecified atom stereocenters. The first-order valence-corrected chi connectivity index (χ1v) is 8.66. The molecule has 1 atom stereocenters. The molecule has 0 amide bonds. The van der Waals surface area contributed by atoms with E-state index in [1.54, 1.807) is 6.92 Å². The second-order valence-electron chi connectivity index (χ2n) is 7.17. The molecule has 2 aliphatic rings. The number of aliphatic hydroxyl groups is 1. The molecule has 0 fully saturated rings. The summed E-state index contributed by atoms with van der Waals surface area (Å²) in [7, 11) is 0. The number of phenolic OH excluding ortho intramolecular Hbond substituents is 4. The summed E-state index contributed by atoms with van der Waals surface area (Å²) in [5.41, 5.74) is -2.14. The van der Waals surface area contributed by atoms with Gasteiger partial charge in [-0.25, -0.2) is 0 Å². The van der Waals surface area contributed by atoms with Gasteiger partial charge in [0, 0.05) is 17.5 Å². The molecule has 0 saturated heterocycles. The summed E-state index contributed by atoms with van der Waals surface area (Å²) < 4.78 is 0. The highest BCUT2D eigenvalue weighted by Crippen LogP contribution is 2.49. The zero-order valence-electron chi connectivity index (χ0n) is 14.5. The van der Waals surface area contributed by atoms with Gasteiger partial charge in [0.05, 0.1) is 27.9 Å². The van der Waals surface area contributed by atoms with Crippen LogP contribution in [0.4, 0.5) is 0 Å². The Morgan fingerprint density at radius 3 is 1.81 bits per heavy atom. The van der Waals surface area contributed by atoms with Gasteiger partial charge in [0.25, 0.3) is 0 Å². The number of phenols is 4. The maximum absolute atomic E-state index is 13.0. The van der Waals surface area contributed by atoms with Gasteiger partial charge in [-0.05, 0) is 31.4 Å². The van der Waals surface area contributed by atoms with Crippen molar-refractivity contribution in [2.24, 2.45) is 0 Å². The predicted octanol–water partition coefficient (Wildman–Crippen LogP) is 1.91. The van der Waals surface area contributed by atoms with E-state index in [9.17, 15) is 35.1 Å². The molecule has 140 valence electrons. The third-order valence-electron chi connectivity index (χ3n) is 5.73. The molecule has 2 aromatic carbocycles. The second kappa shape index (κ2) is 5.47. The van der Waals surface area contributed by atoms with Crippen LogP contribution in [0.15, 0.2) is 12.1 Å². The molecule has 0 radical (unpaired) electrons. The fraction of sp³-hybridized carbons (Fsp3) is 0.300. The number of fused-ring (bicyclic) bond motifs is 3. The van der Waals surface area contributed by atoms with Crippen LogP contribution in [0.2, 0.25) is 0 Å². The number of carbonyl (C=O) groups is 2. The van der Waals surface area contributed by atoms with Crippen LogP contribution in [-0.4, -0.2) is 42.7 Å². The molecule has 4 rings (SSSR count). The number of hydrogen-bond donors (Lipinski definition) is 5. The first-order valence-electron chi connectivity index (χ1n) is 8.66. The van der Waals surface area contributed by atoms with Crippen molar-refractivity contribution in [2.45, 2.75) is 38.2 Å². The van der Waals surface area contributed by atoms with E-state index in [4.69, 9.17) is 0 Å². The van der Waals surface area contributed by atoms with E-state index in [1.807, 2.05) is 0 Å². The zero-order chi connectivity index (χ0) is 19.7. The third kappa shape index (κ3) is 2.18. The van der Waals surface area contributed by atoms with Crippen LogP contribution >= 0.6 is 0 Å². The highest BCUT2D eigenvalue weighted by atomic mass is 16.3. The average molecular weight is 370 g/mol. The lowest BCUT2D eigenvalue weighted by molar-refractivity contribution is 0.0216. The number of aromatic hydroxyl groups is 4. The monoisotopic (exact) mass is 370 g/mol. The van der Waals surface area contributed by atoms with Crippen molar-refractivity contribution in [3.05, 3.63) is 45.5 Å². The van der Waals surface area contributed by atoms with E-state index in [2.05, 4.69) is 0 Å². The van der Waals surface area contributed by atoms with Gasteiger partial charge in [-0.15, -0.1) is 0 Å². The second-order valence-corrected chi connectivity index (χ2v) is 7.17. The molecular weight excluding hydrogens is 352 g/mol. The van der Waals surface area contributed by atoms with Crippen LogP contribution in [-0.2, 0) is 12.8 Å². The minimum absolute atomic E-state index is 0.0336. The van der Waals surface area contributed by atoms with Gasteiger partial charge >= 0.3 is 0 Å². The first kappa shape index (κ1) is 17.4. The Kier molecular flexibility index (Phi) is 3.52. The van der Waals surface area contributed by atoms with Gasteiger partial charge in [-0.2, -0.15) is 0 Å². The van der Waals surface area contributed by atoms with Crippen LogP contribution < -0.4 is 0 Å². The van der Waals surface area contributed by atoms with E-state index in [0.717, 1.165) is 12.1 Å². The Balaban J connectivity index is 2.04. The molecular formula is C20H18O7. The highest BCUT2D eigenvalue weighted by Gasteiger charge is 2.43. The molecule has 0 saturated carbocycles. The minimum atomic E-state index is -1.08. The van der Waals surface area contributed by atoms with Crippen molar-refractivity contribution < 1.29 is 35.1 Å². The Hall–Kier alpha value is -3.06. The van der Waals surface area contributed by atoms with Gasteiger partial charge < -0.3 is 25.5 Å². The summed E-state index contributed by atoms with van der Waals surface area (Å²) in [6, 6.07) is 2.16. The van der Waals surface area contributed by atoms with Crippen molar-refractivity contribution in [3.63, 3.8) is 0 Å². The SMILES string of the molecule is CCC1(O)CCc2c(O)c3c(c(O)c2C1)C(=O)c1c(O)ccc(O)c1C3=O. The van der Waals surface area contributed by atoms with Crippen LogP contribution in [0, 0.1) is 0 Å².